The summed E-state index contributed by atoms with van der Waals surface area (Å²) in [5.41, 5.74) is 5.95. The zero-order chi connectivity index (χ0) is 13.4. The van der Waals surface area contributed by atoms with E-state index in [0.717, 1.165) is 19.6 Å². The standard InChI is InChI=1S/C15H32N2O/c1-4-5-6-7-8-9-15(10-16)17-11-13(2)18-14(3)12-17/h13-15H,4-12,16H2,1-3H3. The third-order valence-electron chi connectivity index (χ3n) is 3.88. The van der Waals surface area contributed by atoms with Crippen molar-refractivity contribution in [3.8, 4) is 0 Å². The predicted molar refractivity (Wildman–Crippen MR) is 77.8 cm³/mol. The highest BCUT2D eigenvalue weighted by molar-refractivity contribution is 4.80. The topological polar surface area (TPSA) is 38.5 Å². The molecular weight excluding hydrogens is 224 g/mol. The van der Waals surface area contributed by atoms with Gasteiger partial charge in [-0.15, -0.1) is 0 Å². The number of hydrogen-bond acceptors (Lipinski definition) is 3. The second-order valence-corrected chi connectivity index (χ2v) is 5.80. The van der Waals surface area contributed by atoms with Crippen LogP contribution in [0.15, 0.2) is 0 Å². The smallest absolute Gasteiger partial charge is 0.0678 e. The predicted octanol–water partition coefficient (Wildman–Crippen LogP) is 2.78. The lowest BCUT2D eigenvalue weighted by Gasteiger charge is -2.40. The van der Waals surface area contributed by atoms with Crippen molar-refractivity contribution in [3.63, 3.8) is 0 Å². The Bertz CT molecular complexity index is 201. The molecule has 1 heterocycles. The number of ether oxygens (including phenoxy) is 1. The van der Waals surface area contributed by atoms with Crippen molar-refractivity contribution in [2.45, 2.75) is 77.5 Å². The Labute approximate surface area is 113 Å². The summed E-state index contributed by atoms with van der Waals surface area (Å²) in [6.45, 7) is 9.46. The molecule has 0 bridgehead atoms. The van der Waals surface area contributed by atoms with Crippen LogP contribution in [-0.4, -0.2) is 42.8 Å². The first-order chi connectivity index (χ1) is 8.67. The summed E-state index contributed by atoms with van der Waals surface area (Å²) >= 11 is 0. The summed E-state index contributed by atoms with van der Waals surface area (Å²) in [5, 5.41) is 0. The molecule has 0 spiro atoms. The molecular formula is C15H32N2O. The molecule has 3 atom stereocenters. The second kappa shape index (κ2) is 8.89. The lowest BCUT2D eigenvalue weighted by atomic mass is 10.0. The average Bonchev–Trinajstić information content (AvgIpc) is 2.32. The fourth-order valence-electron chi connectivity index (χ4n) is 2.95. The Hall–Kier alpha value is -0.120. The first kappa shape index (κ1) is 15.9. The monoisotopic (exact) mass is 256 g/mol. The molecule has 1 aliphatic heterocycles. The van der Waals surface area contributed by atoms with E-state index in [1.807, 2.05) is 0 Å². The van der Waals surface area contributed by atoms with Crippen LogP contribution in [0.5, 0.6) is 0 Å². The van der Waals surface area contributed by atoms with Crippen molar-refractivity contribution in [2.75, 3.05) is 19.6 Å². The highest BCUT2D eigenvalue weighted by Crippen LogP contribution is 2.17. The maximum Gasteiger partial charge on any atom is 0.0678 e. The number of nitrogens with two attached hydrogens (primary N) is 1. The van der Waals surface area contributed by atoms with Gasteiger partial charge in [-0.1, -0.05) is 39.0 Å². The molecule has 1 fully saturated rings. The Balaban J connectivity index is 2.26. The maximum atomic E-state index is 5.95. The summed E-state index contributed by atoms with van der Waals surface area (Å²) in [6, 6.07) is 0.556. The summed E-state index contributed by atoms with van der Waals surface area (Å²) in [5.74, 6) is 0. The van der Waals surface area contributed by atoms with Gasteiger partial charge < -0.3 is 10.5 Å². The van der Waals surface area contributed by atoms with Gasteiger partial charge in [0.2, 0.25) is 0 Å². The fourth-order valence-corrected chi connectivity index (χ4v) is 2.95. The highest BCUT2D eigenvalue weighted by Gasteiger charge is 2.26. The SMILES string of the molecule is CCCCCCCC(CN)N1CC(C)OC(C)C1. The lowest BCUT2D eigenvalue weighted by molar-refractivity contribution is -0.0803. The zero-order valence-electron chi connectivity index (χ0n) is 12.5. The highest BCUT2D eigenvalue weighted by atomic mass is 16.5. The van der Waals surface area contributed by atoms with E-state index in [1.54, 1.807) is 0 Å². The molecule has 18 heavy (non-hydrogen) atoms. The second-order valence-electron chi connectivity index (χ2n) is 5.80. The van der Waals surface area contributed by atoms with Crippen LogP contribution in [0.25, 0.3) is 0 Å². The van der Waals surface area contributed by atoms with Crippen LogP contribution in [0, 0.1) is 0 Å². The van der Waals surface area contributed by atoms with E-state index in [-0.39, 0.29) is 0 Å². The van der Waals surface area contributed by atoms with Gasteiger partial charge in [-0.2, -0.15) is 0 Å². The molecule has 1 aliphatic rings. The first-order valence-electron chi connectivity index (χ1n) is 7.77. The summed E-state index contributed by atoms with van der Waals surface area (Å²) < 4.78 is 5.79. The Morgan fingerprint density at radius 3 is 2.28 bits per heavy atom. The van der Waals surface area contributed by atoms with E-state index in [9.17, 15) is 0 Å². The van der Waals surface area contributed by atoms with Crippen LogP contribution in [0.4, 0.5) is 0 Å². The summed E-state index contributed by atoms with van der Waals surface area (Å²) in [6.07, 6.45) is 8.70. The molecule has 1 saturated heterocycles. The van der Waals surface area contributed by atoms with Crippen molar-refractivity contribution in [1.82, 2.24) is 4.90 Å². The lowest BCUT2D eigenvalue weighted by Crippen LogP contribution is -2.52. The van der Waals surface area contributed by atoms with Crippen LogP contribution in [-0.2, 0) is 4.74 Å². The van der Waals surface area contributed by atoms with Gasteiger partial charge in [0.1, 0.15) is 0 Å². The van der Waals surface area contributed by atoms with Crippen LogP contribution >= 0.6 is 0 Å². The molecule has 0 aliphatic carbocycles. The minimum Gasteiger partial charge on any atom is -0.373 e. The fraction of sp³-hybridized carbons (Fsp3) is 1.00. The van der Waals surface area contributed by atoms with E-state index in [4.69, 9.17) is 10.5 Å². The third-order valence-corrected chi connectivity index (χ3v) is 3.88. The van der Waals surface area contributed by atoms with Crippen molar-refractivity contribution in [3.05, 3.63) is 0 Å². The number of morpholine rings is 1. The van der Waals surface area contributed by atoms with Crippen molar-refractivity contribution < 1.29 is 4.74 Å². The van der Waals surface area contributed by atoms with Crippen molar-refractivity contribution >= 4 is 0 Å². The molecule has 0 amide bonds. The largest absolute Gasteiger partial charge is 0.373 e. The molecule has 0 radical (unpaired) electrons. The van der Waals surface area contributed by atoms with E-state index < -0.39 is 0 Å². The molecule has 3 heteroatoms. The minimum atomic E-state index is 0.350. The van der Waals surface area contributed by atoms with Gasteiger partial charge in [-0.05, 0) is 20.3 Å². The van der Waals surface area contributed by atoms with E-state index in [1.165, 1.54) is 38.5 Å². The Morgan fingerprint density at radius 1 is 1.11 bits per heavy atom. The van der Waals surface area contributed by atoms with Crippen LogP contribution in [0.3, 0.4) is 0 Å². The molecule has 1 rings (SSSR count). The molecule has 2 N–H and O–H groups in total. The minimum absolute atomic E-state index is 0.350. The van der Waals surface area contributed by atoms with Crippen molar-refractivity contribution in [2.24, 2.45) is 5.73 Å². The molecule has 3 nitrogen and oxygen atoms in total. The van der Waals surface area contributed by atoms with E-state index >= 15 is 0 Å². The molecule has 0 aromatic carbocycles. The molecule has 0 saturated carbocycles. The van der Waals surface area contributed by atoms with Gasteiger partial charge >= 0.3 is 0 Å². The van der Waals surface area contributed by atoms with E-state index in [0.29, 0.717) is 18.2 Å². The quantitative estimate of drug-likeness (QED) is 0.679. The van der Waals surface area contributed by atoms with Crippen LogP contribution in [0.1, 0.15) is 59.3 Å². The van der Waals surface area contributed by atoms with Gasteiger partial charge in [0.05, 0.1) is 12.2 Å². The van der Waals surface area contributed by atoms with Crippen molar-refractivity contribution in [1.29, 1.82) is 0 Å². The molecule has 3 unspecified atom stereocenters. The van der Waals surface area contributed by atoms with E-state index in [2.05, 4.69) is 25.7 Å². The molecule has 0 aromatic rings. The summed E-state index contributed by atoms with van der Waals surface area (Å²) in [4.78, 5) is 2.54. The van der Waals surface area contributed by atoms with Gasteiger partial charge in [0, 0.05) is 25.7 Å². The van der Waals surface area contributed by atoms with Gasteiger partial charge in [0.15, 0.2) is 0 Å². The van der Waals surface area contributed by atoms with Crippen LogP contribution in [0.2, 0.25) is 0 Å². The van der Waals surface area contributed by atoms with Gasteiger partial charge in [-0.3, -0.25) is 4.90 Å². The van der Waals surface area contributed by atoms with Gasteiger partial charge in [-0.25, -0.2) is 0 Å². The zero-order valence-corrected chi connectivity index (χ0v) is 12.5. The Morgan fingerprint density at radius 2 is 1.72 bits per heavy atom. The number of rotatable bonds is 8. The average molecular weight is 256 g/mol. The normalized spacial score (nSPS) is 27.3. The summed E-state index contributed by atoms with van der Waals surface area (Å²) in [7, 11) is 0. The number of nitrogens with zero attached hydrogens (tertiary/aromatic N) is 1. The third kappa shape index (κ3) is 5.68. The molecule has 108 valence electrons. The first-order valence-corrected chi connectivity index (χ1v) is 7.77. The maximum absolute atomic E-state index is 5.95. The molecule has 0 aromatic heterocycles. The number of unbranched alkanes of at least 4 members (excludes halogenated alkanes) is 4. The Kier molecular flexibility index (Phi) is 7.87. The van der Waals surface area contributed by atoms with Crippen LogP contribution < -0.4 is 5.73 Å². The number of hydrogen-bond donors (Lipinski definition) is 1. The van der Waals surface area contributed by atoms with Gasteiger partial charge in [0.25, 0.3) is 0 Å².